The second-order valence-corrected chi connectivity index (χ2v) is 6.18. The first-order chi connectivity index (χ1) is 6.40. The normalized spacial score (nSPS) is 34.5. The van der Waals surface area contributed by atoms with Crippen LogP contribution < -0.4 is 5.32 Å². The van der Waals surface area contributed by atoms with Crippen LogP contribution >= 0.6 is 0 Å². The molecule has 0 aromatic carbocycles. The van der Waals surface area contributed by atoms with Crippen molar-refractivity contribution in [1.29, 1.82) is 0 Å². The highest BCUT2D eigenvalue weighted by Gasteiger charge is 2.28. The van der Waals surface area contributed by atoms with Crippen LogP contribution in [0.2, 0.25) is 0 Å². The summed E-state index contributed by atoms with van der Waals surface area (Å²) in [5.74, 6) is 2.71. The largest absolute Gasteiger partial charge is 0.312 e. The Morgan fingerprint density at radius 3 is 2.00 bits per heavy atom. The molecule has 84 valence electrons. The van der Waals surface area contributed by atoms with Gasteiger partial charge in [0.1, 0.15) is 0 Å². The van der Waals surface area contributed by atoms with E-state index in [1.165, 1.54) is 25.8 Å². The van der Waals surface area contributed by atoms with E-state index in [4.69, 9.17) is 0 Å². The predicted molar refractivity (Wildman–Crippen MR) is 63.4 cm³/mol. The fourth-order valence-electron chi connectivity index (χ4n) is 2.58. The van der Waals surface area contributed by atoms with Crippen LogP contribution in [0.4, 0.5) is 0 Å². The van der Waals surface area contributed by atoms with Gasteiger partial charge in [-0.1, -0.05) is 33.1 Å². The van der Waals surface area contributed by atoms with Crippen LogP contribution in [-0.4, -0.2) is 12.1 Å². The molecule has 0 aromatic rings. The summed E-state index contributed by atoms with van der Waals surface area (Å²) in [4.78, 5) is 0. The fourth-order valence-corrected chi connectivity index (χ4v) is 2.58. The minimum Gasteiger partial charge on any atom is -0.312 e. The van der Waals surface area contributed by atoms with E-state index < -0.39 is 0 Å². The molecule has 1 saturated carbocycles. The highest BCUT2D eigenvalue weighted by Crippen LogP contribution is 2.34. The second kappa shape index (κ2) is 4.65. The number of rotatable bonds is 2. The summed E-state index contributed by atoms with van der Waals surface area (Å²) in [6.07, 6.45) is 4.30. The van der Waals surface area contributed by atoms with Crippen LogP contribution in [0.3, 0.4) is 0 Å². The van der Waals surface area contributed by atoms with Gasteiger partial charge >= 0.3 is 0 Å². The smallest absolute Gasteiger partial charge is 0.00966 e. The lowest BCUT2D eigenvalue weighted by Gasteiger charge is -2.36. The summed E-state index contributed by atoms with van der Waals surface area (Å²) in [7, 11) is 0. The van der Waals surface area contributed by atoms with Crippen LogP contribution in [0.25, 0.3) is 0 Å². The first kappa shape index (κ1) is 12.0. The summed E-state index contributed by atoms with van der Waals surface area (Å²) >= 11 is 0. The minimum atomic E-state index is 0.275. The molecule has 14 heavy (non-hydrogen) atoms. The Balaban J connectivity index is 2.40. The Morgan fingerprint density at radius 1 is 1.07 bits per heavy atom. The second-order valence-electron chi connectivity index (χ2n) is 6.18. The first-order valence-electron chi connectivity index (χ1n) is 6.15. The minimum absolute atomic E-state index is 0.275. The molecule has 0 saturated heterocycles. The van der Waals surface area contributed by atoms with Crippen molar-refractivity contribution in [3.63, 3.8) is 0 Å². The van der Waals surface area contributed by atoms with Gasteiger partial charge in [-0.3, -0.25) is 0 Å². The van der Waals surface area contributed by atoms with Gasteiger partial charge in [0.15, 0.2) is 0 Å². The van der Waals surface area contributed by atoms with Gasteiger partial charge < -0.3 is 5.32 Å². The summed E-state index contributed by atoms with van der Waals surface area (Å²) in [5.41, 5.74) is 0.275. The van der Waals surface area contributed by atoms with Crippen molar-refractivity contribution in [2.45, 2.75) is 59.4 Å². The Bertz CT molecular complexity index is 159. The van der Waals surface area contributed by atoms with Crippen LogP contribution in [0, 0.1) is 17.8 Å². The lowest BCUT2D eigenvalue weighted by atomic mass is 9.73. The van der Waals surface area contributed by atoms with Crippen LogP contribution in [0.1, 0.15) is 53.9 Å². The fraction of sp³-hybridized carbons (Fsp3) is 1.00. The van der Waals surface area contributed by atoms with E-state index in [-0.39, 0.29) is 5.54 Å². The number of hydrogen-bond donors (Lipinski definition) is 1. The van der Waals surface area contributed by atoms with Crippen molar-refractivity contribution in [3.05, 3.63) is 0 Å². The Kier molecular flexibility index (Phi) is 4.00. The van der Waals surface area contributed by atoms with Crippen molar-refractivity contribution in [2.24, 2.45) is 17.8 Å². The van der Waals surface area contributed by atoms with Gasteiger partial charge in [0.05, 0.1) is 0 Å². The van der Waals surface area contributed by atoms with E-state index in [9.17, 15) is 0 Å². The van der Waals surface area contributed by atoms with Gasteiger partial charge in [0, 0.05) is 5.54 Å². The standard InChI is InChI=1S/C13H27N/c1-10-7-6-8-11(2)12(10)9-14-13(3,4)5/h10-12,14H,6-9H2,1-5H3. The van der Waals surface area contributed by atoms with Gasteiger partial charge in [-0.15, -0.1) is 0 Å². The molecule has 2 atom stereocenters. The number of hydrogen-bond acceptors (Lipinski definition) is 1. The zero-order chi connectivity index (χ0) is 10.8. The predicted octanol–water partition coefficient (Wildman–Crippen LogP) is 3.45. The third-order valence-electron chi connectivity index (χ3n) is 3.65. The molecule has 0 radical (unpaired) electrons. The lowest BCUT2D eigenvalue weighted by molar-refractivity contribution is 0.164. The average Bonchev–Trinajstić information content (AvgIpc) is 2.01. The molecule has 2 unspecified atom stereocenters. The maximum Gasteiger partial charge on any atom is 0.00966 e. The molecule has 0 spiro atoms. The molecule has 0 bridgehead atoms. The van der Waals surface area contributed by atoms with Gasteiger partial charge in [-0.25, -0.2) is 0 Å². The molecular weight excluding hydrogens is 170 g/mol. The first-order valence-corrected chi connectivity index (χ1v) is 6.15. The highest BCUT2D eigenvalue weighted by molar-refractivity contribution is 4.82. The Morgan fingerprint density at radius 2 is 1.57 bits per heavy atom. The van der Waals surface area contributed by atoms with E-state index in [0.29, 0.717) is 0 Å². The molecule has 1 heteroatoms. The molecule has 1 nitrogen and oxygen atoms in total. The van der Waals surface area contributed by atoms with Gasteiger partial charge in [0.25, 0.3) is 0 Å². The Hall–Kier alpha value is -0.0400. The monoisotopic (exact) mass is 197 g/mol. The maximum absolute atomic E-state index is 3.65. The molecule has 1 rings (SSSR count). The van der Waals surface area contributed by atoms with Crippen LogP contribution in [-0.2, 0) is 0 Å². The van der Waals surface area contributed by atoms with Crippen LogP contribution in [0.15, 0.2) is 0 Å². The van der Waals surface area contributed by atoms with Gasteiger partial charge in [-0.05, 0) is 45.1 Å². The van der Waals surface area contributed by atoms with Crippen molar-refractivity contribution in [2.75, 3.05) is 6.54 Å². The van der Waals surface area contributed by atoms with Gasteiger partial charge in [0.2, 0.25) is 0 Å². The van der Waals surface area contributed by atoms with E-state index in [1.807, 2.05) is 0 Å². The quantitative estimate of drug-likeness (QED) is 0.715. The summed E-state index contributed by atoms with van der Waals surface area (Å²) in [6, 6.07) is 0. The van der Waals surface area contributed by atoms with E-state index >= 15 is 0 Å². The average molecular weight is 197 g/mol. The molecule has 0 aliphatic heterocycles. The number of nitrogens with one attached hydrogen (secondary N) is 1. The molecule has 1 aliphatic rings. The summed E-state index contributed by atoms with van der Waals surface area (Å²) in [5, 5.41) is 3.65. The zero-order valence-electron chi connectivity index (χ0n) is 10.6. The third-order valence-corrected chi connectivity index (χ3v) is 3.65. The molecule has 1 fully saturated rings. The highest BCUT2D eigenvalue weighted by atomic mass is 14.9. The molecule has 1 aliphatic carbocycles. The zero-order valence-corrected chi connectivity index (χ0v) is 10.6. The van der Waals surface area contributed by atoms with E-state index in [1.54, 1.807) is 0 Å². The lowest BCUT2D eigenvalue weighted by Crippen LogP contribution is -2.43. The molecular formula is C13H27N. The molecule has 0 amide bonds. The van der Waals surface area contributed by atoms with Crippen molar-refractivity contribution in [3.8, 4) is 0 Å². The maximum atomic E-state index is 3.65. The van der Waals surface area contributed by atoms with E-state index in [2.05, 4.69) is 39.9 Å². The van der Waals surface area contributed by atoms with Crippen molar-refractivity contribution >= 4 is 0 Å². The molecule has 0 heterocycles. The molecule has 0 aromatic heterocycles. The van der Waals surface area contributed by atoms with Crippen LogP contribution in [0.5, 0.6) is 0 Å². The van der Waals surface area contributed by atoms with E-state index in [0.717, 1.165) is 17.8 Å². The van der Waals surface area contributed by atoms with Crippen molar-refractivity contribution < 1.29 is 0 Å². The van der Waals surface area contributed by atoms with Gasteiger partial charge in [-0.2, -0.15) is 0 Å². The van der Waals surface area contributed by atoms with Crippen molar-refractivity contribution in [1.82, 2.24) is 5.32 Å². The summed E-state index contributed by atoms with van der Waals surface area (Å²) < 4.78 is 0. The third kappa shape index (κ3) is 3.61. The SMILES string of the molecule is CC1CCCC(C)C1CNC(C)(C)C. The summed E-state index contributed by atoms with van der Waals surface area (Å²) in [6.45, 7) is 12.8. The molecule has 1 N–H and O–H groups in total. The Labute approximate surface area is 89.7 Å². The topological polar surface area (TPSA) is 12.0 Å².